The van der Waals surface area contributed by atoms with Gasteiger partial charge in [-0.15, -0.1) is 0 Å². The molecule has 0 aliphatic carbocycles. The van der Waals surface area contributed by atoms with Crippen LogP contribution in [0.3, 0.4) is 0 Å². The summed E-state index contributed by atoms with van der Waals surface area (Å²) in [6.45, 7) is 4.21. The van der Waals surface area contributed by atoms with Crippen molar-refractivity contribution in [3.05, 3.63) is 42.0 Å². The summed E-state index contributed by atoms with van der Waals surface area (Å²) < 4.78 is 11.7. The number of aryl methyl sites for hydroxylation is 1. The van der Waals surface area contributed by atoms with Crippen LogP contribution in [0, 0.1) is 0 Å². The van der Waals surface area contributed by atoms with E-state index in [9.17, 15) is 4.79 Å². The third kappa shape index (κ3) is 4.01. The van der Waals surface area contributed by atoms with Crippen molar-refractivity contribution in [3.8, 4) is 22.6 Å². The molecule has 1 aliphatic heterocycles. The first kappa shape index (κ1) is 19.0. The predicted octanol–water partition coefficient (Wildman–Crippen LogP) is 4.49. The smallest absolute Gasteiger partial charge is 0.345 e. The van der Waals surface area contributed by atoms with Gasteiger partial charge in [-0.3, -0.25) is 4.84 Å². The zero-order valence-corrected chi connectivity index (χ0v) is 16.5. The molecule has 0 radical (unpaired) electrons. The van der Waals surface area contributed by atoms with Gasteiger partial charge in [-0.05, 0) is 56.0 Å². The van der Waals surface area contributed by atoms with Crippen LogP contribution in [0.4, 0.5) is 10.5 Å². The monoisotopic (exact) mass is 370 g/mol. The minimum Gasteiger partial charge on any atom is -0.494 e. The van der Waals surface area contributed by atoms with Gasteiger partial charge in [0.05, 0.1) is 19.9 Å². The SMILES string of the molecule is COc1c(NC(=O)N(C)OC)cccc1-c1ccc2c(c1)CCC(C)(C)O2. The van der Waals surface area contributed by atoms with Crippen LogP contribution in [-0.4, -0.2) is 38.0 Å². The van der Waals surface area contributed by atoms with Gasteiger partial charge in [0.2, 0.25) is 0 Å². The van der Waals surface area contributed by atoms with Gasteiger partial charge in [-0.2, -0.15) is 0 Å². The Balaban J connectivity index is 1.95. The second-order valence-electron chi connectivity index (χ2n) is 7.18. The number of hydrogen-bond acceptors (Lipinski definition) is 4. The molecule has 6 nitrogen and oxygen atoms in total. The molecule has 2 aromatic carbocycles. The molecule has 0 saturated heterocycles. The van der Waals surface area contributed by atoms with E-state index in [1.807, 2.05) is 24.3 Å². The number of amides is 2. The molecule has 3 rings (SSSR count). The van der Waals surface area contributed by atoms with E-state index in [1.165, 1.54) is 19.7 Å². The van der Waals surface area contributed by atoms with E-state index < -0.39 is 0 Å². The normalized spacial score (nSPS) is 14.7. The minimum atomic E-state index is -0.381. The topological polar surface area (TPSA) is 60.0 Å². The molecule has 0 spiro atoms. The fraction of sp³-hybridized carbons (Fsp3) is 0.381. The van der Waals surface area contributed by atoms with Crippen molar-refractivity contribution in [2.75, 3.05) is 26.6 Å². The van der Waals surface area contributed by atoms with Crippen LogP contribution in [0.5, 0.6) is 11.5 Å². The van der Waals surface area contributed by atoms with Crippen LogP contribution in [0.2, 0.25) is 0 Å². The van der Waals surface area contributed by atoms with Gasteiger partial charge in [-0.1, -0.05) is 18.2 Å². The molecule has 2 amide bonds. The highest BCUT2D eigenvalue weighted by Gasteiger charge is 2.27. The average molecular weight is 370 g/mol. The highest BCUT2D eigenvalue weighted by Crippen LogP contribution is 2.40. The number of urea groups is 1. The molecule has 0 aromatic heterocycles. The third-order valence-corrected chi connectivity index (χ3v) is 4.77. The minimum absolute atomic E-state index is 0.135. The number of fused-ring (bicyclic) bond motifs is 1. The number of carbonyl (C=O) groups excluding carboxylic acids is 1. The number of para-hydroxylation sites is 1. The summed E-state index contributed by atoms with van der Waals surface area (Å²) in [5.74, 6) is 1.53. The zero-order valence-electron chi connectivity index (χ0n) is 16.5. The molecule has 0 fully saturated rings. The van der Waals surface area contributed by atoms with Gasteiger partial charge in [0, 0.05) is 12.6 Å². The van der Waals surface area contributed by atoms with E-state index >= 15 is 0 Å². The summed E-state index contributed by atoms with van der Waals surface area (Å²) in [6.07, 6.45) is 1.94. The fourth-order valence-electron chi connectivity index (χ4n) is 3.19. The molecular formula is C21H26N2O4. The number of nitrogens with one attached hydrogen (secondary N) is 1. The van der Waals surface area contributed by atoms with Crippen molar-refractivity contribution in [3.63, 3.8) is 0 Å². The van der Waals surface area contributed by atoms with Crippen LogP contribution in [0.1, 0.15) is 25.8 Å². The fourth-order valence-corrected chi connectivity index (χ4v) is 3.19. The molecule has 1 aliphatic rings. The van der Waals surface area contributed by atoms with E-state index in [0.29, 0.717) is 11.4 Å². The van der Waals surface area contributed by atoms with E-state index in [0.717, 1.165) is 34.8 Å². The Bertz CT molecular complexity index is 848. The lowest BCUT2D eigenvalue weighted by Gasteiger charge is -2.32. The van der Waals surface area contributed by atoms with Crippen molar-refractivity contribution in [1.82, 2.24) is 5.06 Å². The van der Waals surface area contributed by atoms with Gasteiger partial charge >= 0.3 is 6.03 Å². The number of methoxy groups -OCH3 is 1. The number of rotatable bonds is 4. The number of hydroxylamine groups is 2. The zero-order chi connectivity index (χ0) is 19.6. The summed E-state index contributed by atoms with van der Waals surface area (Å²) in [4.78, 5) is 17.0. The predicted molar refractivity (Wildman–Crippen MR) is 105 cm³/mol. The summed E-state index contributed by atoms with van der Waals surface area (Å²) in [6, 6.07) is 11.4. The summed E-state index contributed by atoms with van der Waals surface area (Å²) in [5, 5.41) is 3.92. The van der Waals surface area contributed by atoms with E-state index in [2.05, 4.69) is 25.2 Å². The van der Waals surface area contributed by atoms with Crippen molar-refractivity contribution in [1.29, 1.82) is 0 Å². The van der Waals surface area contributed by atoms with Crippen LogP contribution < -0.4 is 14.8 Å². The lowest BCUT2D eigenvalue weighted by Crippen LogP contribution is -2.32. The maximum Gasteiger partial charge on any atom is 0.345 e. The molecule has 0 saturated carbocycles. The van der Waals surface area contributed by atoms with Crippen molar-refractivity contribution >= 4 is 11.7 Å². The van der Waals surface area contributed by atoms with Crippen molar-refractivity contribution in [2.45, 2.75) is 32.3 Å². The average Bonchev–Trinajstić information content (AvgIpc) is 2.66. The summed E-state index contributed by atoms with van der Waals surface area (Å²) >= 11 is 0. The standard InChI is InChI=1S/C21H26N2O4/c1-21(2)12-11-15-13-14(9-10-18(15)27-21)16-7-6-8-17(19(16)25-4)22-20(24)23(3)26-5/h6-10,13H,11-12H2,1-5H3,(H,22,24). The first-order valence-electron chi connectivity index (χ1n) is 8.93. The maximum absolute atomic E-state index is 12.1. The van der Waals surface area contributed by atoms with Gasteiger partial charge in [0.1, 0.15) is 17.1 Å². The highest BCUT2D eigenvalue weighted by atomic mass is 16.7. The summed E-state index contributed by atoms with van der Waals surface area (Å²) in [7, 11) is 4.57. The summed E-state index contributed by atoms with van der Waals surface area (Å²) in [5.41, 5.74) is 3.55. The van der Waals surface area contributed by atoms with Crippen molar-refractivity contribution < 1.29 is 19.1 Å². The first-order valence-corrected chi connectivity index (χ1v) is 8.93. The molecule has 27 heavy (non-hydrogen) atoms. The molecule has 144 valence electrons. The second kappa shape index (κ2) is 7.48. The Morgan fingerprint density at radius 3 is 2.70 bits per heavy atom. The lowest BCUT2D eigenvalue weighted by molar-refractivity contribution is -0.0598. The molecule has 0 unspecified atom stereocenters. The van der Waals surface area contributed by atoms with E-state index in [1.54, 1.807) is 13.2 Å². The number of nitrogens with zero attached hydrogens (tertiary/aromatic N) is 1. The first-order chi connectivity index (χ1) is 12.8. The Hall–Kier alpha value is -2.73. The van der Waals surface area contributed by atoms with Crippen LogP contribution in [0.25, 0.3) is 11.1 Å². The van der Waals surface area contributed by atoms with Crippen molar-refractivity contribution in [2.24, 2.45) is 0 Å². The van der Waals surface area contributed by atoms with E-state index in [-0.39, 0.29) is 11.6 Å². The Labute approximate surface area is 160 Å². The van der Waals surface area contributed by atoms with Crippen LogP contribution in [0.15, 0.2) is 36.4 Å². The van der Waals surface area contributed by atoms with Gasteiger partial charge < -0.3 is 14.8 Å². The number of hydrogen-bond donors (Lipinski definition) is 1. The largest absolute Gasteiger partial charge is 0.494 e. The quantitative estimate of drug-likeness (QED) is 0.806. The third-order valence-electron chi connectivity index (χ3n) is 4.77. The maximum atomic E-state index is 12.1. The van der Waals surface area contributed by atoms with Crippen LogP contribution >= 0.6 is 0 Å². The highest BCUT2D eigenvalue weighted by molar-refractivity contribution is 5.92. The molecule has 0 atom stereocenters. The lowest BCUT2D eigenvalue weighted by atomic mass is 9.92. The molecular weight excluding hydrogens is 344 g/mol. The van der Waals surface area contributed by atoms with Gasteiger partial charge in [0.15, 0.2) is 0 Å². The molecule has 2 aromatic rings. The molecule has 0 bridgehead atoms. The van der Waals surface area contributed by atoms with E-state index in [4.69, 9.17) is 14.3 Å². The Kier molecular flexibility index (Phi) is 5.28. The van der Waals surface area contributed by atoms with Gasteiger partial charge in [-0.25, -0.2) is 9.86 Å². The Morgan fingerprint density at radius 1 is 1.22 bits per heavy atom. The second-order valence-corrected chi connectivity index (χ2v) is 7.18. The molecule has 1 N–H and O–H groups in total. The number of anilines is 1. The number of carbonyl (C=O) groups is 1. The van der Waals surface area contributed by atoms with Gasteiger partial charge in [0.25, 0.3) is 0 Å². The van der Waals surface area contributed by atoms with Crippen LogP contribution in [-0.2, 0) is 11.3 Å². The number of ether oxygens (including phenoxy) is 2. The molecule has 1 heterocycles. The Morgan fingerprint density at radius 2 is 2.00 bits per heavy atom. The number of benzene rings is 2. The molecule has 6 heteroatoms.